The van der Waals surface area contributed by atoms with Crippen molar-refractivity contribution in [1.29, 1.82) is 0 Å². The molecule has 2 aromatic heterocycles. The molecule has 122 valence electrons. The second-order valence-corrected chi connectivity index (χ2v) is 6.32. The molecule has 3 heterocycles. The second kappa shape index (κ2) is 6.94. The van der Waals surface area contributed by atoms with Gasteiger partial charge in [-0.25, -0.2) is 0 Å². The van der Waals surface area contributed by atoms with E-state index in [0.29, 0.717) is 5.92 Å². The van der Waals surface area contributed by atoms with Crippen LogP contribution < -0.4 is 0 Å². The van der Waals surface area contributed by atoms with E-state index in [2.05, 4.69) is 29.1 Å². The van der Waals surface area contributed by atoms with Crippen LogP contribution in [0.2, 0.25) is 0 Å². The Balaban J connectivity index is 1.66. The molecular formula is C18H24N4O. The molecule has 23 heavy (non-hydrogen) atoms. The first kappa shape index (κ1) is 15.7. The number of carbonyl (C=O) groups is 1. The van der Waals surface area contributed by atoms with Crippen LogP contribution in [0.3, 0.4) is 0 Å². The summed E-state index contributed by atoms with van der Waals surface area (Å²) >= 11 is 0. The summed E-state index contributed by atoms with van der Waals surface area (Å²) in [5.74, 6) is 0.738. The van der Waals surface area contributed by atoms with Crippen molar-refractivity contribution in [2.75, 3.05) is 13.1 Å². The first-order valence-corrected chi connectivity index (χ1v) is 8.40. The number of rotatable bonds is 5. The fraction of sp³-hybridized carbons (Fsp3) is 0.500. The minimum absolute atomic E-state index is 0.185. The highest BCUT2D eigenvalue weighted by molar-refractivity contribution is 5.73. The Kier molecular flexibility index (Phi) is 4.74. The van der Waals surface area contributed by atoms with Gasteiger partial charge >= 0.3 is 0 Å². The fourth-order valence-electron chi connectivity index (χ4n) is 3.26. The highest BCUT2D eigenvalue weighted by atomic mass is 16.2. The molecule has 1 aliphatic rings. The van der Waals surface area contributed by atoms with E-state index in [0.717, 1.165) is 50.3 Å². The molecule has 1 atom stereocenters. The van der Waals surface area contributed by atoms with Gasteiger partial charge in [0.05, 0.1) is 11.4 Å². The lowest BCUT2D eigenvalue weighted by Crippen LogP contribution is -2.26. The van der Waals surface area contributed by atoms with Gasteiger partial charge in [0.2, 0.25) is 5.91 Å². The van der Waals surface area contributed by atoms with Crippen molar-refractivity contribution < 1.29 is 4.79 Å². The Hall–Kier alpha value is -2.17. The molecule has 0 bridgehead atoms. The molecule has 1 saturated heterocycles. The van der Waals surface area contributed by atoms with E-state index in [1.165, 1.54) is 5.56 Å². The highest BCUT2D eigenvalue weighted by Gasteiger charge is 2.24. The zero-order valence-corrected chi connectivity index (χ0v) is 13.9. The Bertz CT molecular complexity index is 662. The molecule has 1 fully saturated rings. The smallest absolute Gasteiger partial charge is 0.219 e. The van der Waals surface area contributed by atoms with Crippen molar-refractivity contribution >= 4 is 5.91 Å². The molecule has 2 aromatic rings. The number of hydrogen-bond acceptors (Lipinski definition) is 3. The predicted molar refractivity (Wildman–Crippen MR) is 89.8 cm³/mol. The predicted octanol–water partition coefficient (Wildman–Crippen LogP) is 2.77. The number of aryl methyl sites for hydroxylation is 1. The van der Waals surface area contributed by atoms with E-state index in [9.17, 15) is 4.79 Å². The van der Waals surface area contributed by atoms with Crippen LogP contribution >= 0.6 is 0 Å². The normalized spacial score (nSPS) is 17.7. The van der Waals surface area contributed by atoms with Gasteiger partial charge in [0.15, 0.2) is 0 Å². The van der Waals surface area contributed by atoms with E-state index in [1.807, 2.05) is 28.0 Å². The quantitative estimate of drug-likeness (QED) is 0.853. The van der Waals surface area contributed by atoms with E-state index in [-0.39, 0.29) is 5.91 Å². The molecule has 1 aliphatic heterocycles. The van der Waals surface area contributed by atoms with E-state index >= 15 is 0 Å². The van der Waals surface area contributed by atoms with Crippen LogP contribution in [-0.4, -0.2) is 38.7 Å². The molecule has 5 nitrogen and oxygen atoms in total. The van der Waals surface area contributed by atoms with Crippen molar-refractivity contribution in [2.45, 2.75) is 39.7 Å². The maximum Gasteiger partial charge on any atom is 0.219 e. The van der Waals surface area contributed by atoms with Crippen LogP contribution in [0.25, 0.3) is 11.4 Å². The Morgan fingerprint density at radius 2 is 2.22 bits per heavy atom. The minimum atomic E-state index is 0.185. The Morgan fingerprint density at radius 3 is 2.87 bits per heavy atom. The molecule has 0 radical (unpaired) electrons. The third-order valence-electron chi connectivity index (χ3n) is 4.49. The Morgan fingerprint density at radius 1 is 1.35 bits per heavy atom. The number of likely N-dealkylation sites (tertiary alicyclic amines) is 1. The van der Waals surface area contributed by atoms with Gasteiger partial charge in [0.1, 0.15) is 0 Å². The molecule has 0 saturated carbocycles. The van der Waals surface area contributed by atoms with Gasteiger partial charge in [-0.05, 0) is 42.9 Å². The third-order valence-corrected chi connectivity index (χ3v) is 4.49. The van der Waals surface area contributed by atoms with Gasteiger partial charge in [-0.2, -0.15) is 5.10 Å². The summed E-state index contributed by atoms with van der Waals surface area (Å²) in [6.07, 6.45) is 6.93. The van der Waals surface area contributed by atoms with Gasteiger partial charge in [-0.3, -0.25) is 14.5 Å². The van der Waals surface area contributed by atoms with Crippen LogP contribution in [0.1, 0.15) is 32.3 Å². The summed E-state index contributed by atoms with van der Waals surface area (Å²) in [6, 6.07) is 6.25. The number of hydrogen-bond donors (Lipinski definition) is 0. The zero-order valence-electron chi connectivity index (χ0n) is 13.9. The fourth-order valence-corrected chi connectivity index (χ4v) is 3.26. The number of pyridine rings is 1. The van der Waals surface area contributed by atoms with Gasteiger partial charge in [0, 0.05) is 39.0 Å². The minimum Gasteiger partial charge on any atom is -0.343 e. The van der Waals surface area contributed by atoms with Crippen LogP contribution in [0.4, 0.5) is 0 Å². The molecule has 3 rings (SSSR count). The summed E-state index contributed by atoms with van der Waals surface area (Å²) in [5.41, 5.74) is 3.28. The summed E-state index contributed by atoms with van der Waals surface area (Å²) < 4.78 is 2.00. The van der Waals surface area contributed by atoms with Gasteiger partial charge in [0.25, 0.3) is 0 Å². The highest BCUT2D eigenvalue weighted by Crippen LogP contribution is 2.22. The summed E-state index contributed by atoms with van der Waals surface area (Å²) in [7, 11) is 0. The largest absolute Gasteiger partial charge is 0.343 e. The molecule has 0 unspecified atom stereocenters. The maximum absolute atomic E-state index is 11.4. The molecule has 1 amide bonds. The molecule has 5 heteroatoms. The molecule has 0 aliphatic carbocycles. The number of carbonyl (C=O) groups excluding carboxylic acids is 1. The van der Waals surface area contributed by atoms with E-state index in [1.54, 1.807) is 6.92 Å². The van der Waals surface area contributed by atoms with Crippen molar-refractivity contribution in [3.8, 4) is 11.4 Å². The number of nitrogens with zero attached hydrogens (tertiary/aromatic N) is 4. The Labute approximate surface area is 137 Å². The summed E-state index contributed by atoms with van der Waals surface area (Å²) in [6.45, 7) is 6.48. The zero-order chi connectivity index (χ0) is 16.2. The first-order chi connectivity index (χ1) is 11.2. The molecular weight excluding hydrogens is 288 g/mol. The van der Waals surface area contributed by atoms with Crippen LogP contribution in [0, 0.1) is 5.92 Å². The number of amides is 1. The topological polar surface area (TPSA) is 51.0 Å². The second-order valence-electron chi connectivity index (χ2n) is 6.32. The van der Waals surface area contributed by atoms with Gasteiger partial charge < -0.3 is 4.90 Å². The number of aromatic nitrogens is 3. The molecule has 0 aromatic carbocycles. The average molecular weight is 312 g/mol. The van der Waals surface area contributed by atoms with Crippen LogP contribution in [-0.2, 0) is 17.8 Å². The molecule has 0 N–H and O–H groups in total. The maximum atomic E-state index is 11.4. The van der Waals surface area contributed by atoms with Crippen molar-refractivity contribution in [3.05, 3.63) is 36.2 Å². The van der Waals surface area contributed by atoms with Gasteiger partial charge in [-0.15, -0.1) is 0 Å². The monoisotopic (exact) mass is 312 g/mol. The lowest BCUT2D eigenvalue weighted by molar-refractivity contribution is -0.127. The van der Waals surface area contributed by atoms with Crippen molar-refractivity contribution in [2.24, 2.45) is 5.92 Å². The standard InChI is InChI=1S/C18H24N4O/c1-3-9-22-18(6-8-20-22)17-5-4-15(12-19-17)11-16-7-10-21(13-16)14(2)23/h4-6,8,12,16H,3,7,9-11,13H2,1-2H3/t16-/m0/s1. The summed E-state index contributed by atoms with van der Waals surface area (Å²) in [5, 5.41) is 4.35. The van der Waals surface area contributed by atoms with Crippen LogP contribution in [0.15, 0.2) is 30.6 Å². The van der Waals surface area contributed by atoms with Crippen LogP contribution in [0.5, 0.6) is 0 Å². The van der Waals surface area contributed by atoms with Gasteiger partial charge in [-0.1, -0.05) is 13.0 Å². The van der Waals surface area contributed by atoms with Crippen molar-refractivity contribution in [1.82, 2.24) is 19.7 Å². The van der Waals surface area contributed by atoms with E-state index < -0.39 is 0 Å². The van der Waals surface area contributed by atoms with E-state index in [4.69, 9.17) is 0 Å². The summed E-state index contributed by atoms with van der Waals surface area (Å²) in [4.78, 5) is 18.0. The molecule has 0 spiro atoms. The lowest BCUT2D eigenvalue weighted by Gasteiger charge is -2.14. The lowest BCUT2D eigenvalue weighted by atomic mass is 9.99. The van der Waals surface area contributed by atoms with Crippen molar-refractivity contribution in [3.63, 3.8) is 0 Å². The SMILES string of the molecule is CCCn1nccc1-c1ccc(C[C@@H]2CCN(C(C)=O)C2)cn1. The first-order valence-electron chi connectivity index (χ1n) is 8.40. The average Bonchev–Trinajstić information content (AvgIpc) is 3.18. The third kappa shape index (κ3) is 3.60.